The SMILES string of the molecule is CCCC1CCCC(c2cccc(C=O)c2CC)C1. The molecule has 0 aliphatic heterocycles. The van der Waals surface area contributed by atoms with Gasteiger partial charge in [0.05, 0.1) is 0 Å². The van der Waals surface area contributed by atoms with Gasteiger partial charge in [0.15, 0.2) is 0 Å². The highest BCUT2D eigenvalue weighted by Crippen LogP contribution is 2.39. The Morgan fingerprint density at radius 1 is 1.26 bits per heavy atom. The first-order valence-electron chi connectivity index (χ1n) is 7.87. The van der Waals surface area contributed by atoms with Gasteiger partial charge in [-0.05, 0) is 42.2 Å². The van der Waals surface area contributed by atoms with Gasteiger partial charge in [-0.2, -0.15) is 0 Å². The summed E-state index contributed by atoms with van der Waals surface area (Å²) in [7, 11) is 0. The van der Waals surface area contributed by atoms with Crippen LogP contribution in [-0.4, -0.2) is 6.29 Å². The summed E-state index contributed by atoms with van der Waals surface area (Å²) in [4.78, 5) is 11.2. The highest BCUT2D eigenvalue weighted by atomic mass is 16.1. The summed E-state index contributed by atoms with van der Waals surface area (Å²) in [6.45, 7) is 4.45. The summed E-state index contributed by atoms with van der Waals surface area (Å²) in [5.41, 5.74) is 3.64. The van der Waals surface area contributed by atoms with Crippen LogP contribution < -0.4 is 0 Å². The first-order valence-corrected chi connectivity index (χ1v) is 7.87. The zero-order valence-electron chi connectivity index (χ0n) is 12.3. The van der Waals surface area contributed by atoms with Crippen LogP contribution in [0.25, 0.3) is 0 Å². The zero-order chi connectivity index (χ0) is 13.7. The van der Waals surface area contributed by atoms with Crippen molar-refractivity contribution in [1.29, 1.82) is 0 Å². The quantitative estimate of drug-likeness (QED) is 0.669. The van der Waals surface area contributed by atoms with E-state index in [1.54, 1.807) is 0 Å². The van der Waals surface area contributed by atoms with Crippen LogP contribution in [0.1, 0.15) is 79.8 Å². The van der Waals surface area contributed by atoms with Gasteiger partial charge in [0.25, 0.3) is 0 Å². The van der Waals surface area contributed by atoms with Gasteiger partial charge in [0.2, 0.25) is 0 Å². The minimum absolute atomic E-state index is 0.681. The van der Waals surface area contributed by atoms with Crippen molar-refractivity contribution in [3.63, 3.8) is 0 Å². The highest BCUT2D eigenvalue weighted by Gasteiger charge is 2.24. The molecule has 1 heteroatoms. The Morgan fingerprint density at radius 2 is 2.11 bits per heavy atom. The molecule has 2 unspecified atom stereocenters. The van der Waals surface area contributed by atoms with Crippen LogP contribution in [-0.2, 0) is 6.42 Å². The molecular weight excluding hydrogens is 232 g/mol. The van der Waals surface area contributed by atoms with Gasteiger partial charge in [-0.25, -0.2) is 0 Å². The fraction of sp³-hybridized carbons (Fsp3) is 0.611. The second-order valence-corrected chi connectivity index (χ2v) is 5.90. The number of carbonyl (C=O) groups is 1. The molecule has 19 heavy (non-hydrogen) atoms. The van der Waals surface area contributed by atoms with Gasteiger partial charge in [-0.1, -0.05) is 57.7 Å². The van der Waals surface area contributed by atoms with E-state index in [0.29, 0.717) is 5.92 Å². The highest BCUT2D eigenvalue weighted by molar-refractivity contribution is 5.78. The smallest absolute Gasteiger partial charge is 0.150 e. The van der Waals surface area contributed by atoms with E-state index in [4.69, 9.17) is 0 Å². The second kappa shape index (κ2) is 6.88. The lowest BCUT2D eigenvalue weighted by molar-refractivity contribution is 0.112. The maximum atomic E-state index is 11.2. The largest absolute Gasteiger partial charge is 0.298 e. The van der Waals surface area contributed by atoms with E-state index in [0.717, 1.165) is 24.2 Å². The molecule has 1 aliphatic carbocycles. The fourth-order valence-electron chi connectivity index (χ4n) is 3.77. The number of hydrogen-bond acceptors (Lipinski definition) is 1. The van der Waals surface area contributed by atoms with Gasteiger partial charge < -0.3 is 0 Å². The number of hydrogen-bond donors (Lipinski definition) is 0. The van der Waals surface area contributed by atoms with Crippen LogP contribution in [0.5, 0.6) is 0 Å². The monoisotopic (exact) mass is 258 g/mol. The standard InChI is InChI=1S/C18H26O/c1-3-7-14-8-5-9-15(12-14)18-11-6-10-16(13-19)17(18)4-2/h6,10-11,13-15H,3-5,7-9,12H2,1-2H3. The molecule has 2 atom stereocenters. The van der Waals surface area contributed by atoms with Crippen molar-refractivity contribution in [2.24, 2.45) is 5.92 Å². The Labute approximate surface area is 117 Å². The molecule has 0 bridgehead atoms. The predicted molar refractivity (Wildman–Crippen MR) is 80.8 cm³/mol. The van der Waals surface area contributed by atoms with Crippen LogP contribution >= 0.6 is 0 Å². The van der Waals surface area contributed by atoms with Gasteiger partial charge >= 0.3 is 0 Å². The van der Waals surface area contributed by atoms with Crippen molar-refractivity contribution in [2.75, 3.05) is 0 Å². The molecule has 1 saturated carbocycles. The maximum Gasteiger partial charge on any atom is 0.150 e. The lowest BCUT2D eigenvalue weighted by atomic mass is 9.74. The second-order valence-electron chi connectivity index (χ2n) is 5.90. The Morgan fingerprint density at radius 3 is 2.79 bits per heavy atom. The van der Waals surface area contributed by atoms with E-state index in [2.05, 4.69) is 26.0 Å². The molecule has 2 rings (SSSR count). The Kier molecular flexibility index (Phi) is 5.18. The van der Waals surface area contributed by atoms with Gasteiger partial charge in [-0.3, -0.25) is 4.79 Å². The van der Waals surface area contributed by atoms with Crippen molar-refractivity contribution in [2.45, 2.75) is 64.7 Å². The third-order valence-electron chi connectivity index (χ3n) is 4.65. The lowest BCUT2D eigenvalue weighted by Gasteiger charge is -2.31. The number of benzene rings is 1. The molecule has 1 aromatic rings. The third-order valence-corrected chi connectivity index (χ3v) is 4.65. The first kappa shape index (κ1) is 14.3. The normalized spacial score (nSPS) is 23.3. The van der Waals surface area contributed by atoms with Crippen LogP contribution in [0, 0.1) is 5.92 Å². The van der Waals surface area contributed by atoms with E-state index < -0.39 is 0 Å². The van der Waals surface area contributed by atoms with Crippen LogP contribution in [0.2, 0.25) is 0 Å². The van der Waals surface area contributed by atoms with E-state index in [1.165, 1.54) is 49.7 Å². The summed E-state index contributed by atoms with van der Waals surface area (Å²) in [5.74, 6) is 1.58. The molecule has 0 saturated heterocycles. The molecule has 0 spiro atoms. The molecule has 1 nitrogen and oxygen atoms in total. The van der Waals surface area contributed by atoms with Crippen LogP contribution in [0.15, 0.2) is 18.2 Å². The zero-order valence-corrected chi connectivity index (χ0v) is 12.3. The topological polar surface area (TPSA) is 17.1 Å². The summed E-state index contributed by atoms with van der Waals surface area (Å²) < 4.78 is 0. The Bertz CT molecular complexity index is 420. The molecule has 1 aromatic carbocycles. The van der Waals surface area contributed by atoms with Crippen molar-refractivity contribution in [3.8, 4) is 0 Å². The minimum Gasteiger partial charge on any atom is -0.298 e. The molecular formula is C18H26O. The van der Waals surface area contributed by atoms with E-state index in [-0.39, 0.29) is 0 Å². The van der Waals surface area contributed by atoms with Crippen LogP contribution in [0.4, 0.5) is 0 Å². The van der Waals surface area contributed by atoms with Crippen molar-refractivity contribution >= 4 is 6.29 Å². The van der Waals surface area contributed by atoms with E-state index in [1.807, 2.05) is 6.07 Å². The summed E-state index contributed by atoms with van der Waals surface area (Å²) in [6, 6.07) is 6.27. The third kappa shape index (κ3) is 3.26. The van der Waals surface area contributed by atoms with Crippen LogP contribution in [0.3, 0.4) is 0 Å². The minimum atomic E-state index is 0.681. The predicted octanol–water partition coefficient (Wildman–Crippen LogP) is 5.14. The summed E-state index contributed by atoms with van der Waals surface area (Å²) in [6.07, 6.45) is 10.0. The molecule has 0 radical (unpaired) electrons. The molecule has 1 fully saturated rings. The molecule has 1 aliphatic rings. The molecule has 0 heterocycles. The maximum absolute atomic E-state index is 11.2. The van der Waals surface area contributed by atoms with Crippen molar-refractivity contribution < 1.29 is 4.79 Å². The van der Waals surface area contributed by atoms with E-state index >= 15 is 0 Å². The Hall–Kier alpha value is -1.11. The molecule has 104 valence electrons. The lowest BCUT2D eigenvalue weighted by Crippen LogP contribution is -2.16. The number of carbonyl (C=O) groups excluding carboxylic acids is 1. The van der Waals surface area contributed by atoms with E-state index in [9.17, 15) is 4.79 Å². The average Bonchev–Trinajstić information content (AvgIpc) is 2.47. The Balaban J connectivity index is 2.23. The summed E-state index contributed by atoms with van der Waals surface area (Å²) in [5, 5.41) is 0. The number of rotatable bonds is 5. The molecule has 0 amide bonds. The van der Waals surface area contributed by atoms with Crippen molar-refractivity contribution in [1.82, 2.24) is 0 Å². The fourth-order valence-corrected chi connectivity index (χ4v) is 3.77. The van der Waals surface area contributed by atoms with Crippen molar-refractivity contribution in [3.05, 3.63) is 34.9 Å². The van der Waals surface area contributed by atoms with Gasteiger partial charge in [0.1, 0.15) is 6.29 Å². The van der Waals surface area contributed by atoms with Gasteiger partial charge in [0, 0.05) is 5.56 Å². The number of aldehydes is 1. The average molecular weight is 258 g/mol. The molecule has 0 N–H and O–H groups in total. The molecule has 0 aromatic heterocycles. The summed E-state index contributed by atoms with van der Waals surface area (Å²) >= 11 is 0. The first-order chi connectivity index (χ1) is 9.30. The van der Waals surface area contributed by atoms with Gasteiger partial charge in [-0.15, -0.1) is 0 Å².